The second-order valence-corrected chi connectivity index (χ2v) is 10.8. The summed E-state index contributed by atoms with van der Waals surface area (Å²) >= 11 is 9.33. The van der Waals surface area contributed by atoms with Gasteiger partial charge in [0.1, 0.15) is 17.2 Å². The molecule has 0 saturated carbocycles. The van der Waals surface area contributed by atoms with E-state index in [-0.39, 0.29) is 18.2 Å². The Morgan fingerprint density at radius 1 is 1.17 bits per heavy atom. The number of furan rings is 1. The molecule has 4 aromatic rings. The highest BCUT2D eigenvalue weighted by molar-refractivity contribution is 9.10. The zero-order valence-electron chi connectivity index (χ0n) is 18.9. The Morgan fingerprint density at radius 3 is 2.49 bits per heavy atom. The standard InChI is InChI=1S/C22H21BrClN5O5S/c1-13(10-16-15(23)11-14(24)12-25-16)35(30,31)28-22-27-26-21(19-8-5-9-34-19)29(22)20-17(32-2)6-4-7-18(20)33-3/h4-9,11-13H,10H2,1-3H3,(H,27,28)/t13-/m1/s1. The quantitative estimate of drug-likeness (QED) is 0.301. The van der Waals surface area contributed by atoms with Gasteiger partial charge in [-0.15, -0.1) is 10.2 Å². The maximum atomic E-state index is 13.3. The lowest BCUT2D eigenvalue weighted by molar-refractivity contribution is 0.391. The molecule has 0 bridgehead atoms. The summed E-state index contributed by atoms with van der Waals surface area (Å²) in [4.78, 5) is 4.24. The molecular formula is C22H21BrClN5O5S. The average Bonchev–Trinajstić information content (AvgIpc) is 3.50. The Balaban J connectivity index is 1.77. The van der Waals surface area contributed by atoms with Crippen molar-refractivity contribution >= 4 is 43.5 Å². The molecule has 3 heterocycles. The van der Waals surface area contributed by atoms with Gasteiger partial charge in [0.2, 0.25) is 21.8 Å². The molecule has 0 unspecified atom stereocenters. The molecule has 0 amide bonds. The summed E-state index contributed by atoms with van der Waals surface area (Å²) in [6, 6.07) is 10.2. The van der Waals surface area contributed by atoms with Crippen LogP contribution in [0.5, 0.6) is 11.5 Å². The first-order valence-electron chi connectivity index (χ1n) is 10.3. The number of hydrogen-bond donors (Lipinski definition) is 1. The van der Waals surface area contributed by atoms with Crippen molar-refractivity contribution in [1.82, 2.24) is 19.7 Å². The van der Waals surface area contributed by atoms with Crippen molar-refractivity contribution in [2.24, 2.45) is 0 Å². The summed E-state index contributed by atoms with van der Waals surface area (Å²) in [7, 11) is -0.947. The molecule has 13 heteroatoms. The minimum Gasteiger partial charge on any atom is -0.494 e. The van der Waals surface area contributed by atoms with Gasteiger partial charge in [-0.05, 0) is 53.2 Å². The third-order valence-electron chi connectivity index (χ3n) is 5.16. The number of halogens is 2. The van der Waals surface area contributed by atoms with Crippen LogP contribution in [0.25, 0.3) is 17.3 Å². The molecule has 0 radical (unpaired) electrons. The third kappa shape index (κ3) is 5.14. The number of sulfonamides is 1. The Hall–Kier alpha value is -3.09. The maximum Gasteiger partial charge on any atom is 0.243 e. The zero-order chi connectivity index (χ0) is 25.2. The Labute approximate surface area is 215 Å². The van der Waals surface area contributed by atoms with E-state index in [1.54, 1.807) is 43.3 Å². The average molecular weight is 583 g/mol. The highest BCUT2D eigenvalue weighted by atomic mass is 79.9. The van der Waals surface area contributed by atoms with Crippen molar-refractivity contribution in [2.75, 3.05) is 18.9 Å². The van der Waals surface area contributed by atoms with Crippen molar-refractivity contribution < 1.29 is 22.3 Å². The van der Waals surface area contributed by atoms with E-state index < -0.39 is 15.3 Å². The molecule has 10 nitrogen and oxygen atoms in total. The lowest BCUT2D eigenvalue weighted by atomic mass is 10.2. The summed E-state index contributed by atoms with van der Waals surface area (Å²) < 4.78 is 47.9. The first-order valence-corrected chi connectivity index (χ1v) is 13.0. The molecule has 0 aliphatic rings. The molecule has 4 rings (SSSR count). The highest BCUT2D eigenvalue weighted by Crippen LogP contribution is 2.38. The van der Waals surface area contributed by atoms with Crippen LogP contribution >= 0.6 is 27.5 Å². The molecule has 1 atom stereocenters. The van der Waals surface area contributed by atoms with Crippen LogP contribution in [0.1, 0.15) is 12.6 Å². The third-order valence-corrected chi connectivity index (χ3v) is 7.74. The monoisotopic (exact) mass is 581 g/mol. The molecule has 1 N–H and O–H groups in total. The fourth-order valence-electron chi connectivity index (χ4n) is 3.38. The van der Waals surface area contributed by atoms with Gasteiger partial charge in [0.25, 0.3) is 0 Å². The number of rotatable bonds is 9. The van der Waals surface area contributed by atoms with Crippen LogP contribution in [0.15, 0.2) is 57.7 Å². The smallest absolute Gasteiger partial charge is 0.243 e. The molecular weight excluding hydrogens is 562 g/mol. The summed E-state index contributed by atoms with van der Waals surface area (Å²) in [5.74, 6) is 1.40. The molecule has 184 valence electrons. The van der Waals surface area contributed by atoms with Crippen LogP contribution in [-0.4, -0.2) is 47.6 Å². The van der Waals surface area contributed by atoms with Crippen LogP contribution in [0.2, 0.25) is 5.02 Å². The van der Waals surface area contributed by atoms with Gasteiger partial charge >= 0.3 is 0 Å². The van der Waals surface area contributed by atoms with Crippen LogP contribution in [0.4, 0.5) is 5.95 Å². The molecule has 0 aliphatic heterocycles. The van der Waals surface area contributed by atoms with Gasteiger partial charge < -0.3 is 13.9 Å². The first-order chi connectivity index (χ1) is 16.7. The van der Waals surface area contributed by atoms with Crippen LogP contribution < -0.4 is 14.2 Å². The second kappa shape index (κ2) is 10.3. The van der Waals surface area contributed by atoms with E-state index in [0.29, 0.717) is 38.1 Å². The minimum atomic E-state index is -3.94. The Kier molecular flexibility index (Phi) is 7.33. The van der Waals surface area contributed by atoms with Crippen molar-refractivity contribution in [2.45, 2.75) is 18.6 Å². The molecule has 3 aromatic heterocycles. The lowest BCUT2D eigenvalue weighted by Crippen LogP contribution is -2.29. The van der Waals surface area contributed by atoms with Crippen molar-refractivity contribution in [3.63, 3.8) is 0 Å². The number of methoxy groups -OCH3 is 2. The van der Waals surface area contributed by atoms with E-state index in [2.05, 4.69) is 35.8 Å². The lowest BCUT2D eigenvalue weighted by Gasteiger charge is -2.18. The Morgan fingerprint density at radius 2 is 1.89 bits per heavy atom. The number of para-hydroxylation sites is 1. The van der Waals surface area contributed by atoms with E-state index in [4.69, 9.17) is 25.5 Å². The number of nitrogens with one attached hydrogen (secondary N) is 1. The van der Waals surface area contributed by atoms with Gasteiger partial charge in [-0.2, -0.15) is 0 Å². The van der Waals surface area contributed by atoms with Crippen molar-refractivity contribution in [1.29, 1.82) is 0 Å². The predicted molar refractivity (Wildman–Crippen MR) is 135 cm³/mol. The van der Waals surface area contributed by atoms with E-state index in [9.17, 15) is 8.42 Å². The minimum absolute atomic E-state index is 0.0609. The number of hydrogen-bond acceptors (Lipinski definition) is 8. The molecule has 0 spiro atoms. The molecule has 0 saturated heterocycles. The number of nitrogens with zero attached hydrogens (tertiary/aromatic N) is 4. The van der Waals surface area contributed by atoms with Gasteiger partial charge in [0.05, 0.1) is 36.4 Å². The van der Waals surface area contributed by atoms with E-state index in [1.807, 2.05) is 0 Å². The highest BCUT2D eigenvalue weighted by Gasteiger charge is 2.29. The van der Waals surface area contributed by atoms with Gasteiger partial charge in [-0.1, -0.05) is 17.7 Å². The summed E-state index contributed by atoms with van der Waals surface area (Å²) in [6.45, 7) is 1.57. The van der Waals surface area contributed by atoms with Crippen LogP contribution in [0.3, 0.4) is 0 Å². The number of anilines is 1. The fraction of sp³-hybridized carbons (Fsp3) is 0.227. The van der Waals surface area contributed by atoms with E-state index in [1.165, 1.54) is 31.2 Å². The molecule has 1 aromatic carbocycles. The number of pyridine rings is 1. The summed E-state index contributed by atoms with van der Waals surface area (Å²) in [5, 5.41) is 7.87. The second-order valence-electron chi connectivity index (χ2n) is 7.41. The number of benzene rings is 1. The van der Waals surface area contributed by atoms with Crippen molar-refractivity contribution in [3.05, 3.63) is 64.0 Å². The van der Waals surface area contributed by atoms with Gasteiger partial charge in [0.15, 0.2) is 5.76 Å². The normalized spacial score (nSPS) is 12.4. The SMILES string of the molecule is COc1cccc(OC)c1-n1c(NS(=O)(=O)[C@H](C)Cc2ncc(Cl)cc2Br)nnc1-c1ccco1. The molecule has 0 aliphatic carbocycles. The first kappa shape index (κ1) is 25.0. The topological polar surface area (TPSA) is 121 Å². The van der Waals surface area contributed by atoms with E-state index >= 15 is 0 Å². The maximum absolute atomic E-state index is 13.3. The van der Waals surface area contributed by atoms with Crippen LogP contribution in [-0.2, 0) is 16.4 Å². The van der Waals surface area contributed by atoms with Gasteiger partial charge in [-0.25, -0.2) is 8.42 Å². The fourth-order valence-corrected chi connectivity index (χ4v) is 5.15. The molecule has 35 heavy (non-hydrogen) atoms. The zero-order valence-corrected chi connectivity index (χ0v) is 22.1. The largest absolute Gasteiger partial charge is 0.494 e. The molecule has 0 fully saturated rings. The Bertz CT molecular complexity index is 1420. The van der Waals surface area contributed by atoms with Gasteiger partial charge in [-0.3, -0.25) is 14.3 Å². The predicted octanol–water partition coefficient (Wildman–Crippen LogP) is 4.73. The summed E-state index contributed by atoms with van der Waals surface area (Å²) in [6.07, 6.45) is 3.08. The van der Waals surface area contributed by atoms with Crippen LogP contribution in [0, 0.1) is 0 Å². The van der Waals surface area contributed by atoms with Gasteiger partial charge in [0, 0.05) is 17.1 Å². The van der Waals surface area contributed by atoms with E-state index in [0.717, 1.165) is 0 Å². The number of ether oxygens (including phenoxy) is 2. The summed E-state index contributed by atoms with van der Waals surface area (Å²) in [5.41, 5.74) is 0.956. The number of aromatic nitrogens is 4. The van der Waals surface area contributed by atoms with Crippen molar-refractivity contribution in [3.8, 4) is 28.8 Å².